The van der Waals surface area contributed by atoms with E-state index in [4.69, 9.17) is 5.11 Å². The highest BCUT2D eigenvalue weighted by Crippen LogP contribution is 2.26. The highest BCUT2D eigenvalue weighted by atomic mass is 32.2. The molecule has 0 spiro atoms. The Hall–Kier alpha value is -2.28. The number of nitrogens with one attached hydrogen (secondary N) is 2. The van der Waals surface area contributed by atoms with Crippen molar-refractivity contribution in [1.82, 2.24) is 20.2 Å². The first-order valence-corrected chi connectivity index (χ1v) is 6.56. The standard InChI is InChI=1S/C12H10N4O2S/c17-9(18)6-19-12-14-11(15-16-12)8-3-1-2-7-4-5-13-10(7)8/h1-5,13H,6H2,(H,17,18)(H,14,15,16). The first kappa shape index (κ1) is 11.8. The SMILES string of the molecule is O=C(O)CSc1nnc(-c2cccc3cc[nH]c23)[nH]1. The van der Waals surface area contributed by atoms with Gasteiger partial charge < -0.3 is 15.1 Å². The van der Waals surface area contributed by atoms with Crippen molar-refractivity contribution in [2.45, 2.75) is 5.16 Å². The molecule has 96 valence electrons. The number of nitrogens with zero attached hydrogens (tertiary/aromatic N) is 2. The lowest BCUT2D eigenvalue weighted by atomic mass is 10.1. The first-order valence-electron chi connectivity index (χ1n) is 5.58. The van der Waals surface area contributed by atoms with E-state index in [2.05, 4.69) is 20.2 Å². The van der Waals surface area contributed by atoms with Crippen LogP contribution in [0.5, 0.6) is 0 Å². The summed E-state index contributed by atoms with van der Waals surface area (Å²) in [5.74, 6) is -0.295. The van der Waals surface area contributed by atoms with Crippen molar-refractivity contribution < 1.29 is 9.90 Å². The molecule has 6 nitrogen and oxygen atoms in total. The van der Waals surface area contributed by atoms with Crippen LogP contribution in [0.3, 0.4) is 0 Å². The van der Waals surface area contributed by atoms with Crippen molar-refractivity contribution in [2.24, 2.45) is 0 Å². The molecule has 19 heavy (non-hydrogen) atoms. The van der Waals surface area contributed by atoms with Crippen LogP contribution in [0.2, 0.25) is 0 Å². The number of aliphatic carboxylic acids is 1. The van der Waals surface area contributed by atoms with Gasteiger partial charge in [0.2, 0.25) is 0 Å². The molecule has 0 bridgehead atoms. The average molecular weight is 274 g/mol. The predicted molar refractivity (Wildman–Crippen MR) is 72.0 cm³/mol. The summed E-state index contributed by atoms with van der Waals surface area (Å²) in [5, 5.41) is 18.2. The van der Waals surface area contributed by atoms with Crippen LogP contribution in [0, 0.1) is 0 Å². The lowest BCUT2D eigenvalue weighted by Crippen LogP contribution is -1.97. The van der Waals surface area contributed by atoms with Crippen molar-refractivity contribution in [3.63, 3.8) is 0 Å². The Morgan fingerprint density at radius 1 is 1.32 bits per heavy atom. The monoisotopic (exact) mass is 274 g/mol. The number of aromatic amines is 2. The molecule has 2 heterocycles. The lowest BCUT2D eigenvalue weighted by molar-refractivity contribution is -0.133. The third kappa shape index (κ3) is 2.32. The zero-order valence-corrected chi connectivity index (χ0v) is 10.6. The maximum atomic E-state index is 10.5. The van der Waals surface area contributed by atoms with Gasteiger partial charge in [0.25, 0.3) is 0 Å². The van der Waals surface area contributed by atoms with E-state index in [0.717, 1.165) is 28.2 Å². The second-order valence-electron chi connectivity index (χ2n) is 3.91. The van der Waals surface area contributed by atoms with Crippen molar-refractivity contribution in [2.75, 3.05) is 5.75 Å². The Balaban J connectivity index is 1.94. The highest BCUT2D eigenvalue weighted by Gasteiger charge is 2.10. The van der Waals surface area contributed by atoms with Gasteiger partial charge in [0.15, 0.2) is 11.0 Å². The molecule has 0 saturated carbocycles. The smallest absolute Gasteiger partial charge is 0.313 e. The highest BCUT2D eigenvalue weighted by molar-refractivity contribution is 7.99. The molecule has 0 unspecified atom stereocenters. The minimum Gasteiger partial charge on any atom is -0.481 e. The van der Waals surface area contributed by atoms with E-state index >= 15 is 0 Å². The maximum absolute atomic E-state index is 10.5. The molecule has 2 aromatic heterocycles. The van der Waals surface area contributed by atoms with Crippen molar-refractivity contribution in [1.29, 1.82) is 0 Å². The molecule has 7 heteroatoms. The average Bonchev–Trinajstić information content (AvgIpc) is 3.04. The fraction of sp³-hybridized carbons (Fsp3) is 0.0833. The number of rotatable bonds is 4. The van der Waals surface area contributed by atoms with E-state index in [1.807, 2.05) is 30.5 Å². The molecule has 0 radical (unpaired) electrons. The first-order chi connectivity index (χ1) is 9.24. The Bertz CT molecular complexity index is 734. The lowest BCUT2D eigenvalue weighted by Gasteiger charge is -1.98. The fourth-order valence-corrected chi connectivity index (χ4v) is 2.37. The number of hydrogen-bond acceptors (Lipinski definition) is 4. The van der Waals surface area contributed by atoms with Gasteiger partial charge in [-0.3, -0.25) is 4.79 Å². The number of fused-ring (bicyclic) bond motifs is 1. The Morgan fingerprint density at radius 2 is 2.21 bits per heavy atom. The summed E-state index contributed by atoms with van der Waals surface area (Å²) >= 11 is 1.11. The molecule has 3 rings (SSSR count). The number of carbonyl (C=O) groups is 1. The van der Waals surface area contributed by atoms with Gasteiger partial charge in [0.05, 0.1) is 11.3 Å². The number of hydrogen-bond donors (Lipinski definition) is 3. The summed E-state index contributed by atoms with van der Waals surface area (Å²) in [6.07, 6.45) is 1.87. The molecule has 3 aromatic rings. The zero-order valence-electron chi connectivity index (χ0n) is 9.75. The molecule has 0 aliphatic heterocycles. The second kappa shape index (κ2) is 4.77. The van der Waals surface area contributed by atoms with Crippen LogP contribution in [-0.4, -0.2) is 37.0 Å². The van der Waals surface area contributed by atoms with Gasteiger partial charge in [0, 0.05) is 17.1 Å². The molecule has 3 N–H and O–H groups in total. The maximum Gasteiger partial charge on any atom is 0.313 e. The summed E-state index contributed by atoms with van der Waals surface area (Å²) in [7, 11) is 0. The van der Waals surface area contributed by atoms with Gasteiger partial charge in [-0.15, -0.1) is 10.2 Å². The third-order valence-corrected chi connectivity index (χ3v) is 3.49. The number of thioether (sulfide) groups is 1. The van der Waals surface area contributed by atoms with Crippen LogP contribution >= 0.6 is 11.8 Å². The zero-order chi connectivity index (χ0) is 13.2. The van der Waals surface area contributed by atoms with Crippen molar-refractivity contribution in [3.05, 3.63) is 30.5 Å². The van der Waals surface area contributed by atoms with Gasteiger partial charge in [-0.05, 0) is 12.1 Å². The molecule has 0 amide bonds. The largest absolute Gasteiger partial charge is 0.481 e. The van der Waals surface area contributed by atoms with Crippen LogP contribution in [-0.2, 0) is 4.79 Å². The Labute approximate surface area is 112 Å². The summed E-state index contributed by atoms with van der Waals surface area (Å²) in [6, 6.07) is 7.87. The summed E-state index contributed by atoms with van der Waals surface area (Å²) < 4.78 is 0. The molecule has 0 fully saturated rings. The number of aromatic nitrogens is 4. The summed E-state index contributed by atoms with van der Waals surface area (Å²) in [6.45, 7) is 0. The summed E-state index contributed by atoms with van der Waals surface area (Å²) in [5.41, 5.74) is 1.89. The molecule has 1 aromatic carbocycles. The number of carboxylic acids is 1. The Morgan fingerprint density at radius 3 is 3.05 bits per heavy atom. The number of para-hydroxylation sites is 1. The van der Waals surface area contributed by atoms with E-state index in [1.54, 1.807) is 0 Å². The van der Waals surface area contributed by atoms with Crippen LogP contribution in [0.25, 0.3) is 22.3 Å². The van der Waals surface area contributed by atoms with Crippen molar-refractivity contribution >= 4 is 28.6 Å². The minimum atomic E-state index is -0.880. The molecule has 0 aliphatic carbocycles. The molecule has 0 aliphatic rings. The van der Waals surface area contributed by atoms with Crippen LogP contribution < -0.4 is 0 Å². The number of benzene rings is 1. The van der Waals surface area contributed by atoms with Crippen molar-refractivity contribution in [3.8, 4) is 11.4 Å². The minimum absolute atomic E-state index is 0.0403. The van der Waals surface area contributed by atoms with Gasteiger partial charge >= 0.3 is 5.97 Å². The number of H-pyrrole nitrogens is 2. The van der Waals surface area contributed by atoms with E-state index in [-0.39, 0.29) is 5.75 Å². The van der Waals surface area contributed by atoms with Crippen LogP contribution in [0.1, 0.15) is 0 Å². The molecule has 0 saturated heterocycles. The van der Waals surface area contributed by atoms with E-state index < -0.39 is 5.97 Å². The van der Waals surface area contributed by atoms with E-state index in [0.29, 0.717) is 11.0 Å². The molecular formula is C12H10N4O2S. The van der Waals surface area contributed by atoms with Gasteiger partial charge in [-0.1, -0.05) is 23.9 Å². The molecular weight excluding hydrogens is 264 g/mol. The Kier molecular flexibility index (Phi) is 2.96. The quantitative estimate of drug-likeness (QED) is 0.633. The topological polar surface area (TPSA) is 94.7 Å². The molecule has 0 atom stereocenters. The normalized spacial score (nSPS) is 10.9. The van der Waals surface area contributed by atoms with Crippen LogP contribution in [0.4, 0.5) is 0 Å². The van der Waals surface area contributed by atoms with Gasteiger partial charge in [-0.2, -0.15) is 0 Å². The predicted octanol–water partition coefficient (Wildman–Crippen LogP) is 2.13. The second-order valence-corrected chi connectivity index (χ2v) is 4.87. The summed E-state index contributed by atoms with van der Waals surface area (Å²) in [4.78, 5) is 16.7. The van der Waals surface area contributed by atoms with E-state index in [1.165, 1.54) is 0 Å². The van der Waals surface area contributed by atoms with Gasteiger partial charge in [0.1, 0.15) is 0 Å². The number of carboxylic acid groups (broad SMARTS) is 1. The van der Waals surface area contributed by atoms with Crippen LogP contribution in [0.15, 0.2) is 35.6 Å². The van der Waals surface area contributed by atoms with Gasteiger partial charge in [-0.25, -0.2) is 0 Å². The third-order valence-electron chi connectivity index (χ3n) is 2.64. The van der Waals surface area contributed by atoms with E-state index in [9.17, 15) is 4.79 Å². The fourth-order valence-electron chi connectivity index (χ4n) is 1.85.